The van der Waals surface area contributed by atoms with Crippen LogP contribution in [-0.4, -0.2) is 0 Å². The normalized spacial score (nSPS) is 11.5. The van der Waals surface area contributed by atoms with E-state index < -0.39 is 5.24 Å². The molecule has 0 saturated heterocycles. The Hall–Kier alpha value is 0.400. The third-order valence-corrected chi connectivity index (χ3v) is 8.91. The van der Waals surface area contributed by atoms with Crippen molar-refractivity contribution in [2.45, 2.75) is 0 Å². The first-order valence-electron chi connectivity index (χ1n) is 4.86. The molecule has 0 saturated carbocycles. The van der Waals surface area contributed by atoms with E-state index in [9.17, 15) is 0 Å². The van der Waals surface area contributed by atoms with Gasteiger partial charge in [-0.3, -0.25) is 0 Å². The predicted octanol–water partition coefficient (Wildman–Crippen LogP) is 4.49. The number of hydrogen-bond donors (Lipinski definition) is 1. The summed E-state index contributed by atoms with van der Waals surface area (Å²) in [5.41, 5.74) is 0. The molecule has 0 bridgehead atoms. The lowest BCUT2D eigenvalue weighted by Gasteiger charge is -2.19. The largest absolute Gasteiger partial charge is 0.133 e. The fraction of sp³-hybridized carbons (Fsp3) is 0. The Bertz CT molecular complexity index is 549. The number of thiol groups is 1. The second-order valence-electron chi connectivity index (χ2n) is 3.48. The minimum absolute atomic E-state index is 1.02. The van der Waals surface area contributed by atoms with Gasteiger partial charge in [0.1, 0.15) is 0 Å². The molecule has 5 heteroatoms. The van der Waals surface area contributed by atoms with Gasteiger partial charge in [-0.25, -0.2) is 0 Å². The molecule has 88 valence electrons. The van der Waals surface area contributed by atoms with E-state index in [-0.39, 0.29) is 0 Å². The maximum absolute atomic E-state index is 5.77. The topological polar surface area (TPSA) is 0 Å². The van der Waals surface area contributed by atoms with Gasteiger partial charge in [-0.1, -0.05) is 80.1 Å². The zero-order valence-corrected chi connectivity index (χ0v) is 14.5. The summed E-state index contributed by atoms with van der Waals surface area (Å²) in [7, 11) is 0. The molecule has 2 aromatic carbocycles. The average molecular weight is 408 g/mol. The fourth-order valence-corrected chi connectivity index (χ4v) is 8.78. The molecule has 2 aromatic rings. The van der Waals surface area contributed by atoms with Crippen molar-refractivity contribution in [3.63, 3.8) is 0 Å². The maximum atomic E-state index is 5.77. The van der Waals surface area contributed by atoms with Crippen LogP contribution in [0, 0.1) is 0 Å². The van der Waals surface area contributed by atoms with E-state index in [4.69, 9.17) is 24.1 Å². The lowest BCUT2D eigenvalue weighted by Crippen LogP contribution is -2.14. The molecule has 2 rings (SSSR count). The molecule has 0 aliphatic carbocycles. The van der Waals surface area contributed by atoms with E-state index in [1.165, 1.54) is 0 Å². The quantitative estimate of drug-likeness (QED) is 0.565. The molecule has 0 nitrogen and oxygen atoms in total. The summed E-state index contributed by atoms with van der Waals surface area (Å²) in [4.78, 5) is 0. The van der Waals surface area contributed by atoms with Gasteiger partial charge in [0.05, 0.1) is 5.24 Å². The highest BCUT2D eigenvalue weighted by molar-refractivity contribution is 9.11. The molecule has 0 aliphatic heterocycles. The van der Waals surface area contributed by atoms with Crippen LogP contribution >= 0.6 is 49.3 Å². The second kappa shape index (κ2) is 5.58. The third-order valence-electron chi connectivity index (χ3n) is 2.36. The summed E-state index contributed by atoms with van der Waals surface area (Å²) in [6.45, 7) is 0. The minimum Gasteiger partial charge on any atom is -0.133 e. The number of benzene rings is 2. The van der Waals surface area contributed by atoms with Crippen LogP contribution in [0.5, 0.6) is 0 Å². The Kier molecular flexibility index (Phi) is 4.54. The van der Waals surface area contributed by atoms with Crippen LogP contribution < -0.4 is 10.6 Å². The van der Waals surface area contributed by atoms with E-state index in [1.807, 2.05) is 48.5 Å². The molecule has 0 aliphatic rings. The molecule has 0 spiro atoms. The average Bonchev–Trinajstić information content (AvgIpc) is 2.29. The van der Waals surface area contributed by atoms with E-state index in [0.717, 1.165) is 19.6 Å². The van der Waals surface area contributed by atoms with Crippen LogP contribution in [0.2, 0.25) is 0 Å². The van der Waals surface area contributed by atoms with Crippen molar-refractivity contribution in [1.82, 2.24) is 0 Å². The number of rotatable bonds is 2. The molecular formula is C12H9Br2PS2. The van der Waals surface area contributed by atoms with Crippen LogP contribution in [0.1, 0.15) is 0 Å². The van der Waals surface area contributed by atoms with Gasteiger partial charge in [-0.15, -0.1) is 12.2 Å². The number of hydrogen-bond acceptors (Lipinski definition) is 1. The van der Waals surface area contributed by atoms with Gasteiger partial charge in [0.15, 0.2) is 0 Å². The van der Waals surface area contributed by atoms with Crippen molar-refractivity contribution < 1.29 is 0 Å². The van der Waals surface area contributed by atoms with Crippen molar-refractivity contribution in [2.24, 2.45) is 0 Å². The van der Waals surface area contributed by atoms with E-state index in [1.54, 1.807) is 0 Å². The molecule has 0 N–H and O–H groups in total. The molecule has 0 radical (unpaired) electrons. The first kappa shape index (κ1) is 13.8. The standard InChI is InChI=1S/C12H9Br2PS2/c13-9-5-1-3-7-11(9)15(16,17)12-8-4-2-6-10(12)14/h1-8H,(H,16,17). The smallest absolute Gasteiger partial charge is 0.0606 e. The van der Waals surface area contributed by atoms with Gasteiger partial charge in [-0.2, -0.15) is 0 Å². The van der Waals surface area contributed by atoms with Crippen molar-refractivity contribution in [3.05, 3.63) is 57.5 Å². The Morgan fingerprint density at radius 3 is 1.53 bits per heavy atom. The van der Waals surface area contributed by atoms with Gasteiger partial charge in [0.25, 0.3) is 0 Å². The second-order valence-corrected chi connectivity index (χ2v) is 11.6. The fourth-order valence-electron chi connectivity index (χ4n) is 1.52. The molecule has 0 fully saturated rings. The Morgan fingerprint density at radius 2 is 1.18 bits per heavy atom. The van der Waals surface area contributed by atoms with Gasteiger partial charge >= 0.3 is 0 Å². The molecule has 0 atom stereocenters. The molecule has 0 unspecified atom stereocenters. The van der Waals surface area contributed by atoms with Crippen LogP contribution in [0.25, 0.3) is 0 Å². The molecular weight excluding hydrogens is 399 g/mol. The van der Waals surface area contributed by atoms with Crippen molar-refractivity contribution in [3.8, 4) is 0 Å². The van der Waals surface area contributed by atoms with Gasteiger partial charge in [0, 0.05) is 19.6 Å². The molecule has 17 heavy (non-hydrogen) atoms. The maximum Gasteiger partial charge on any atom is 0.0606 e. The van der Waals surface area contributed by atoms with Crippen LogP contribution in [0.4, 0.5) is 0 Å². The Labute approximate surface area is 128 Å². The third kappa shape index (κ3) is 2.87. The highest BCUT2D eigenvalue weighted by Gasteiger charge is 2.21. The Morgan fingerprint density at radius 1 is 0.824 bits per heavy atom. The van der Waals surface area contributed by atoms with Crippen LogP contribution in [-0.2, 0) is 11.8 Å². The van der Waals surface area contributed by atoms with E-state index in [2.05, 4.69) is 31.9 Å². The summed E-state index contributed by atoms with van der Waals surface area (Å²) < 4.78 is 2.04. The van der Waals surface area contributed by atoms with Crippen LogP contribution in [0.15, 0.2) is 57.5 Å². The lowest BCUT2D eigenvalue weighted by molar-refractivity contribution is 1.70. The van der Waals surface area contributed by atoms with Crippen molar-refractivity contribution in [1.29, 1.82) is 0 Å². The first-order chi connectivity index (χ1) is 8.03. The van der Waals surface area contributed by atoms with Crippen LogP contribution in [0.3, 0.4) is 0 Å². The van der Waals surface area contributed by atoms with Gasteiger partial charge in [0.2, 0.25) is 0 Å². The number of halogens is 2. The summed E-state index contributed by atoms with van der Waals surface area (Å²) >= 11 is 17.6. The Balaban J connectivity index is 2.63. The summed E-state index contributed by atoms with van der Waals surface area (Å²) in [6, 6.07) is 16.0. The lowest BCUT2D eigenvalue weighted by atomic mass is 10.4. The van der Waals surface area contributed by atoms with Crippen molar-refractivity contribution >= 4 is 71.8 Å². The zero-order valence-electron chi connectivity index (χ0n) is 8.68. The zero-order chi connectivity index (χ0) is 12.5. The van der Waals surface area contributed by atoms with Gasteiger partial charge < -0.3 is 0 Å². The highest BCUT2D eigenvalue weighted by atomic mass is 79.9. The molecule has 0 aromatic heterocycles. The predicted molar refractivity (Wildman–Crippen MR) is 90.8 cm³/mol. The summed E-state index contributed by atoms with van der Waals surface area (Å²) in [6.07, 6.45) is 0. The van der Waals surface area contributed by atoms with E-state index >= 15 is 0 Å². The summed E-state index contributed by atoms with van der Waals surface area (Å²) in [5.74, 6) is 0. The van der Waals surface area contributed by atoms with Gasteiger partial charge in [-0.05, 0) is 12.1 Å². The monoisotopic (exact) mass is 406 g/mol. The minimum atomic E-state index is -2.04. The summed E-state index contributed by atoms with van der Waals surface area (Å²) in [5, 5.41) is 0.138. The van der Waals surface area contributed by atoms with E-state index in [0.29, 0.717) is 0 Å². The molecule has 0 heterocycles. The first-order valence-corrected chi connectivity index (χ1v) is 10.4. The molecule has 0 amide bonds. The highest BCUT2D eigenvalue weighted by Crippen LogP contribution is 2.51. The van der Waals surface area contributed by atoms with Crippen molar-refractivity contribution in [2.75, 3.05) is 0 Å². The SMILES string of the molecule is S=P(S)(c1ccccc1Br)c1ccccc1Br.